The predicted octanol–water partition coefficient (Wildman–Crippen LogP) is 1.16. The summed E-state index contributed by atoms with van der Waals surface area (Å²) in [7, 11) is 0. The highest BCUT2D eigenvalue weighted by Crippen LogP contribution is 2.19. The van der Waals surface area contributed by atoms with Gasteiger partial charge in [-0.2, -0.15) is 0 Å². The third kappa shape index (κ3) is 2.11. The summed E-state index contributed by atoms with van der Waals surface area (Å²) >= 11 is 0. The van der Waals surface area contributed by atoms with Crippen LogP contribution in [-0.2, 0) is 17.7 Å². The molecule has 0 spiro atoms. The van der Waals surface area contributed by atoms with Crippen LogP contribution in [0, 0.1) is 5.92 Å². The molecule has 5 heteroatoms. The lowest BCUT2D eigenvalue weighted by Crippen LogP contribution is -2.20. The van der Waals surface area contributed by atoms with E-state index in [-0.39, 0.29) is 0 Å². The summed E-state index contributed by atoms with van der Waals surface area (Å²) in [5.74, 6) is 1.57. The first-order valence-electron chi connectivity index (χ1n) is 6.48. The van der Waals surface area contributed by atoms with E-state index >= 15 is 0 Å². The quantitative estimate of drug-likeness (QED) is 0.882. The molecular weight excluding hydrogens is 228 g/mol. The number of hydrogen-bond donors (Lipinski definition) is 1. The van der Waals surface area contributed by atoms with Crippen LogP contribution in [0.1, 0.15) is 24.2 Å². The van der Waals surface area contributed by atoms with E-state index in [1.807, 2.05) is 18.3 Å². The van der Waals surface area contributed by atoms with Crippen LogP contribution in [0.3, 0.4) is 0 Å². The molecule has 1 aliphatic heterocycles. The lowest BCUT2D eigenvalue weighted by Gasteiger charge is -2.21. The summed E-state index contributed by atoms with van der Waals surface area (Å²) in [5, 5.41) is 8.55. The molecule has 0 saturated carbocycles. The number of nitrogens with two attached hydrogens (primary N) is 1. The average molecular weight is 246 g/mol. The van der Waals surface area contributed by atoms with Gasteiger partial charge in [-0.25, -0.2) is 0 Å². The van der Waals surface area contributed by atoms with E-state index in [9.17, 15) is 0 Å². The molecule has 1 unspecified atom stereocenters. The second-order valence-corrected chi connectivity index (χ2v) is 4.83. The summed E-state index contributed by atoms with van der Waals surface area (Å²) < 4.78 is 7.56. The van der Waals surface area contributed by atoms with Gasteiger partial charge in [-0.3, -0.25) is 4.40 Å². The van der Waals surface area contributed by atoms with Gasteiger partial charge in [0, 0.05) is 37.9 Å². The van der Waals surface area contributed by atoms with Crippen LogP contribution in [0.25, 0.3) is 5.65 Å². The fourth-order valence-corrected chi connectivity index (χ4v) is 2.54. The molecule has 2 N–H and O–H groups in total. The van der Waals surface area contributed by atoms with Gasteiger partial charge in [0.1, 0.15) is 5.82 Å². The number of nitrogens with zero attached hydrogens (tertiary/aromatic N) is 3. The molecule has 0 amide bonds. The molecule has 96 valence electrons. The second-order valence-electron chi connectivity index (χ2n) is 4.83. The fourth-order valence-electron chi connectivity index (χ4n) is 2.54. The molecule has 0 aromatic carbocycles. The maximum atomic E-state index is 5.71. The molecule has 1 aliphatic rings. The molecule has 2 aromatic rings. The summed E-state index contributed by atoms with van der Waals surface area (Å²) in [6, 6.07) is 4.00. The van der Waals surface area contributed by atoms with Crippen molar-refractivity contribution in [1.29, 1.82) is 0 Å². The average Bonchev–Trinajstić information content (AvgIpc) is 2.83. The molecule has 1 fully saturated rings. The Hall–Kier alpha value is -1.46. The Labute approximate surface area is 106 Å². The van der Waals surface area contributed by atoms with Crippen molar-refractivity contribution in [3.8, 4) is 0 Å². The molecule has 3 heterocycles. The number of aromatic nitrogens is 3. The van der Waals surface area contributed by atoms with Crippen molar-refractivity contribution in [2.24, 2.45) is 11.7 Å². The minimum absolute atomic E-state index is 0.495. The predicted molar refractivity (Wildman–Crippen MR) is 68.1 cm³/mol. The van der Waals surface area contributed by atoms with Gasteiger partial charge in [0.15, 0.2) is 5.65 Å². The van der Waals surface area contributed by atoms with Crippen molar-refractivity contribution >= 4 is 5.65 Å². The second kappa shape index (κ2) is 5.04. The number of ether oxygens (including phenoxy) is 1. The smallest absolute Gasteiger partial charge is 0.165 e. The number of fused-ring (bicyclic) bond motifs is 1. The van der Waals surface area contributed by atoms with Gasteiger partial charge in [-0.15, -0.1) is 10.2 Å². The zero-order valence-corrected chi connectivity index (χ0v) is 10.4. The van der Waals surface area contributed by atoms with Crippen molar-refractivity contribution in [3.05, 3.63) is 29.7 Å². The van der Waals surface area contributed by atoms with Crippen molar-refractivity contribution < 1.29 is 4.74 Å². The van der Waals surface area contributed by atoms with Gasteiger partial charge in [0.25, 0.3) is 0 Å². The molecule has 5 nitrogen and oxygen atoms in total. The van der Waals surface area contributed by atoms with Crippen LogP contribution in [0.5, 0.6) is 0 Å². The van der Waals surface area contributed by atoms with Gasteiger partial charge in [0.2, 0.25) is 0 Å². The van der Waals surface area contributed by atoms with Crippen LogP contribution in [0.2, 0.25) is 0 Å². The maximum absolute atomic E-state index is 5.71. The van der Waals surface area contributed by atoms with E-state index in [1.165, 1.54) is 6.42 Å². The Morgan fingerprint density at radius 1 is 1.44 bits per heavy atom. The molecular formula is C13H18N4O. The fraction of sp³-hybridized carbons (Fsp3) is 0.538. The Balaban J connectivity index is 1.88. The highest BCUT2D eigenvalue weighted by atomic mass is 16.5. The van der Waals surface area contributed by atoms with Crippen LogP contribution in [-0.4, -0.2) is 27.8 Å². The number of pyridine rings is 1. The van der Waals surface area contributed by atoms with Gasteiger partial charge < -0.3 is 10.5 Å². The SMILES string of the molecule is NCc1cccn2c(CC3CCCOC3)nnc12. The molecule has 0 radical (unpaired) electrons. The van der Waals surface area contributed by atoms with E-state index < -0.39 is 0 Å². The highest BCUT2D eigenvalue weighted by molar-refractivity contribution is 5.47. The van der Waals surface area contributed by atoms with Crippen molar-refractivity contribution in [2.45, 2.75) is 25.8 Å². The third-order valence-corrected chi connectivity index (χ3v) is 3.53. The van der Waals surface area contributed by atoms with E-state index in [0.717, 1.165) is 43.1 Å². The maximum Gasteiger partial charge on any atom is 0.165 e. The zero-order valence-electron chi connectivity index (χ0n) is 10.4. The van der Waals surface area contributed by atoms with Crippen molar-refractivity contribution in [1.82, 2.24) is 14.6 Å². The van der Waals surface area contributed by atoms with E-state index in [2.05, 4.69) is 14.6 Å². The zero-order chi connectivity index (χ0) is 12.4. The molecule has 2 aromatic heterocycles. The summed E-state index contributed by atoms with van der Waals surface area (Å²) in [5.41, 5.74) is 7.63. The third-order valence-electron chi connectivity index (χ3n) is 3.53. The number of hydrogen-bond acceptors (Lipinski definition) is 4. The minimum Gasteiger partial charge on any atom is -0.381 e. The molecule has 1 saturated heterocycles. The topological polar surface area (TPSA) is 65.4 Å². The van der Waals surface area contributed by atoms with E-state index in [1.54, 1.807) is 0 Å². The summed E-state index contributed by atoms with van der Waals surface area (Å²) in [6.07, 6.45) is 5.30. The molecule has 1 atom stereocenters. The Bertz CT molecular complexity index is 531. The number of rotatable bonds is 3. The lowest BCUT2D eigenvalue weighted by molar-refractivity contribution is 0.0542. The Morgan fingerprint density at radius 2 is 2.39 bits per heavy atom. The molecule has 3 rings (SSSR count). The summed E-state index contributed by atoms with van der Waals surface area (Å²) in [4.78, 5) is 0. The molecule has 0 bridgehead atoms. The highest BCUT2D eigenvalue weighted by Gasteiger charge is 2.18. The van der Waals surface area contributed by atoms with Gasteiger partial charge in [-0.05, 0) is 24.8 Å². The monoisotopic (exact) mass is 246 g/mol. The van der Waals surface area contributed by atoms with Crippen molar-refractivity contribution in [2.75, 3.05) is 13.2 Å². The van der Waals surface area contributed by atoms with Crippen molar-refractivity contribution in [3.63, 3.8) is 0 Å². The largest absolute Gasteiger partial charge is 0.381 e. The van der Waals surface area contributed by atoms with E-state index in [0.29, 0.717) is 12.5 Å². The normalized spacial score (nSPS) is 20.4. The first-order valence-corrected chi connectivity index (χ1v) is 6.48. The molecule has 18 heavy (non-hydrogen) atoms. The first kappa shape index (κ1) is 11.6. The van der Waals surface area contributed by atoms with Gasteiger partial charge in [-0.1, -0.05) is 6.07 Å². The minimum atomic E-state index is 0.495. The molecule has 0 aliphatic carbocycles. The first-order chi connectivity index (χ1) is 8.88. The standard InChI is InChI=1S/C13H18N4O/c14-8-11-4-1-5-17-12(15-16-13(11)17)7-10-3-2-6-18-9-10/h1,4-5,10H,2-3,6-9,14H2. The Morgan fingerprint density at radius 3 is 3.17 bits per heavy atom. The van der Waals surface area contributed by atoms with Crippen LogP contribution >= 0.6 is 0 Å². The van der Waals surface area contributed by atoms with Crippen LogP contribution in [0.4, 0.5) is 0 Å². The van der Waals surface area contributed by atoms with Gasteiger partial charge in [0.05, 0.1) is 0 Å². The summed E-state index contributed by atoms with van der Waals surface area (Å²) in [6.45, 7) is 2.23. The Kier molecular flexibility index (Phi) is 3.25. The van der Waals surface area contributed by atoms with Crippen LogP contribution < -0.4 is 5.73 Å². The lowest BCUT2D eigenvalue weighted by atomic mass is 9.98. The van der Waals surface area contributed by atoms with Gasteiger partial charge >= 0.3 is 0 Å². The van der Waals surface area contributed by atoms with Crippen LogP contribution in [0.15, 0.2) is 18.3 Å². The van der Waals surface area contributed by atoms with E-state index in [4.69, 9.17) is 10.5 Å².